The molecular weight excluding hydrogens is 530 g/mol. The zero-order chi connectivity index (χ0) is 28.5. The van der Waals surface area contributed by atoms with Gasteiger partial charge in [-0.3, -0.25) is 13.9 Å². The summed E-state index contributed by atoms with van der Waals surface area (Å²) in [4.78, 5) is 28.0. The smallest absolute Gasteiger partial charge is 0.243 e. The van der Waals surface area contributed by atoms with Crippen LogP contribution in [0.15, 0.2) is 42.5 Å². The minimum atomic E-state index is -3.64. The molecule has 2 aromatic rings. The van der Waals surface area contributed by atoms with Gasteiger partial charge in [-0.05, 0) is 62.6 Å². The molecule has 0 heterocycles. The van der Waals surface area contributed by atoms with Crippen molar-refractivity contribution < 1.29 is 27.5 Å². The summed E-state index contributed by atoms with van der Waals surface area (Å²) in [6, 6.07) is 11.3. The molecule has 1 atom stereocenters. The Labute approximate surface area is 231 Å². The van der Waals surface area contributed by atoms with Crippen molar-refractivity contribution in [3.63, 3.8) is 0 Å². The van der Waals surface area contributed by atoms with Crippen LogP contribution in [0.2, 0.25) is 5.02 Å². The molecule has 38 heavy (non-hydrogen) atoms. The maximum atomic E-state index is 13.5. The zero-order valence-corrected chi connectivity index (χ0v) is 24.4. The number of methoxy groups -OCH3 is 2. The van der Waals surface area contributed by atoms with Gasteiger partial charge in [0.1, 0.15) is 17.5 Å². The first-order chi connectivity index (χ1) is 17.9. The molecule has 0 aliphatic carbocycles. The Morgan fingerprint density at radius 3 is 2.21 bits per heavy atom. The Hall–Kier alpha value is -2.98. The molecule has 210 valence electrons. The maximum Gasteiger partial charge on any atom is 0.243 e. The van der Waals surface area contributed by atoms with Gasteiger partial charge in [0.2, 0.25) is 21.8 Å². The number of rotatable bonds is 14. The van der Waals surface area contributed by atoms with Gasteiger partial charge in [-0.1, -0.05) is 30.7 Å². The van der Waals surface area contributed by atoms with Crippen molar-refractivity contribution in [3.05, 3.63) is 53.1 Å². The van der Waals surface area contributed by atoms with Crippen LogP contribution in [0.5, 0.6) is 11.5 Å². The second kappa shape index (κ2) is 14.2. The number of benzene rings is 2. The second-order valence-corrected chi connectivity index (χ2v) is 11.5. The fraction of sp³-hybridized carbons (Fsp3) is 0.481. The van der Waals surface area contributed by atoms with Crippen molar-refractivity contribution in [3.8, 4) is 11.5 Å². The first-order valence-electron chi connectivity index (χ1n) is 12.4. The van der Waals surface area contributed by atoms with Gasteiger partial charge in [0.05, 0.1) is 31.2 Å². The summed E-state index contributed by atoms with van der Waals surface area (Å²) in [5.41, 5.74) is 1.23. The highest BCUT2D eigenvalue weighted by molar-refractivity contribution is 7.92. The average Bonchev–Trinajstić information content (AvgIpc) is 2.85. The summed E-state index contributed by atoms with van der Waals surface area (Å²) >= 11 is 6.21. The minimum absolute atomic E-state index is 0.0531. The minimum Gasteiger partial charge on any atom is -0.497 e. The molecule has 0 aromatic heterocycles. The number of hydrogen-bond acceptors (Lipinski definition) is 6. The zero-order valence-electron chi connectivity index (χ0n) is 22.9. The number of nitrogens with zero attached hydrogens (tertiary/aromatic N) is 2. The topological polar surface area (TPSA) is 105 Å². The molecule has 0 fully saturated rings. The predicted octanol–water partition coefficient (Wildman–Crippen LogP) is 4.24. The molecular formula is C27H38ClN3O6S. The van der Waals surface area contributed by atoms with E-state index in [1.54, 1.807) is 36.3 Å². The quantitative estimate of drug-likeness (QED) is 0.366. The lowest BCUT2D eigenvalue weighted by atomic mass is 10.1. The maximum absolute atomic E-state index is 13.5. The Balaban J connectivity index is 2.24. The van der Waals surface area contributed by atoms with Crippen molar-refractivity contribution in [2.45, 2.75) is 58.7 Å². The summed E-state index contributed by atoms with van der Waals surface area (Å²) in [6.45, 7) is 5.89. The summed E-state index contributed by atoms with van der Waals surface area (Å²) < 4.78 is 36.7. The third-order valence-electron chi connectivity index (χ3n) is 5.90. The number of carbonyl (C=O) groups is 2. The van der Waals surface area contributed by atoms with E-state index in [-0.39, 0.29) is 48.8 Å². The van der Waals surface area contributed by atoms with E-state index >= 15 is 0 Å². The van der Waals surface area contributed by atoms with Crippen LogP contribution in [0.4, 0.5) is 5.69 Å². The number of carbonyl (C=O) groups excluding carboxylic acids is 2. The lowest BCUT2D eigenvalue weighted by molar-refractivity contribution is -0.141. The first-order valence-corrected chi connectivity index (χ1v) is 14.7. The summed E-state index contributed by atoms with van der Waals surface area (Å²) in [5.74, 6) is 0.650. The van der Waals surface area contributed by atoms with Crippen LogP contribution in [0, 0.1) is 0 Å². The molecule has 0 saturated carbocycles. The number of nitrogens with one attached hydrogen (secondary N) is 1. The SMILES string of the molecule is CC[C@H](C(=O)NC(C)C)N(Cc1ccc(OC)cc1)C(=O)CCCN(c1ccc(OC)c(Cl)c1)S(C)(=O)=O. The van der Waals surface area contributed by atoms with Gasteiger partial charge in [-0.25, -0.2) is 8.42 Å². The van der Waals surface area contributed by atoms with Crippen LogP contribution < -0.4 is 19.1 Å². The van der Waals surface area contributed by atoms with E-state index in [1.807, 2.05) is 32.9 Å². The van der Waals surface area contributed by atoms with Gasteiger partial charge in [0, 0.05) is 25.6 Å². The summed E-state index contributed by atoms with van der Waals surface area (Å²) in [6.07, 6.45) is 1.83. The molecule has 2 aromatic carbocycles. The largest absolute Gasteiger partial charge is 0.497 e. The Kier molecular flexibility index (Phi) is 11.7. The summed E-state index contributed by atoms with van der Waals surface area (Å²) in [7, 11) is -0.590. The summed E-state index contributed by atoms with van der Waals surface area (Å²) in [5, 5.41) is 3.18. The number of amides is 2. The number of sulfonamides is 1. The van der Waals surface area contributed by atoms with Crippen molar-refractivity contribution in [1.82, 2.24) is 10.2 Å². The van der Waals surface area contributed by atoms with Gasteiger partial charge in [-0.2, -0.15) is 0 Å². The van der Waals surface area contributed by atoms with E-state index < -0.39 is 16.1 Å². The molecule has 2 rings (SSSR count). The van der Waals surface area contributed by atoms with Crippen LogP contribution in [0.3, 0.4) is 0 Å². The number of hydrogen-bond donors (Lipinski definition) is 1. The number of halogens is 1. The highest BCUT2D eigenvalue weighted by Gasteiger charge is 2.29. The fourth-order valence-corrected chi connectivity index (χ4v) is 5.25. The van der Waals surface area contributed by atoms with Crippen LogP contribution in [0.25, 0.3) is 0 Å². The Morgan fingerprint density at radius 2 is 1.71 bits per heavy atom. The van der Waals surface area contributed by atoms with Crippen LogP contribution >= 0.6 is 11.6 Å². The Morgan fingerprint density at radius 1 is 1.05 bits per heavy atom. The molecule has 0 bridgehead atoms. The third-order valence-corrected chi connectivity index (χ3v) is 7.39. The third kappa shape index (κ3) is 8.80. The second-order valence-electron chi connectivity index (χ2n) is 9.21. The first kappa shape index (κ1) is 31.2. The molecule has 9 nitrogen and oxygen atoms in total. The van der Waals surface area contributed by atoms with E-state index in [9.17, 15) is 18.0 Å². The predicted molar refractivity (Wildman–Crippen MR) is 150 cm³/mol. The highest BCUT2D eigenvalue weighted by atomic mass is 35.5. The van der Waals surface area contributed by atoms with E-state index in [0.717, 1.165) is 11.8 Å². The molecule has 0 radical (unpaired) electrons. The van der Waals surface area contributed by atoms with Crippen molar-refractivity contribution >= 4 is 39.1 Å². The lowest BCUT2D eigenvalue weighted by Gasteiger charge is -2.31. The number of ether oxygens (including phenoxy) is 2. The monoisotopic (exact) mass is 567 g/mol. The molecule has 0 spiro atoms. The van der Waals surface area contributed by atoms with E-state index in [4.69, 9.17) is 21.1 Å². The van der Waals surface area contributed by atoms with Gasteiger partial charge in [0.15, 0.2) is 0 Å². The van der Waals surface area contributed by atoms with Crippen molar-refractivity contribution in [1.29, 1.82) is 0 Å². The molecule has 11 heteroatoms. The van der Waals surface area contributed by atoms with Crippen LogP contribution in [0.1, 0.15) is 45.6 Å². The normalized spacial score (nSPS) is 12.1. The molecule has 0 aliphatic heterocycles. The Bertz CT molecular complexity index is 1190. The molecule has 0 saturated heterocycles. The highest BCUT2D eigenvalue weighted by Crippen LogP contribution is 2.30. The molecule has 0 aliphatic rings. The van der Waals surface area contributed by atoms with Gasteiger partial charge < -0.3 is 19.7 Å². The molecule has 0 unspecified atom stereocenters. The van der Waals surface area contributed by atoms with Gasteiger partial charge in [0.25, 0.3) is 0 Å². The van der Waals surface area contributed by atoms with E-state index in [1.165, 1.54) is 17.5 Å². The van der Waals surface area contributed by atoms with Gasteiger partial charge in [-0.15, -0.1) is 0 Å². The van der Waals surface area contributed by atoms with Crippen molar-refractivity contribution in [2.24, 2.45) is 0 Å². The lowest BCUT2D eigenvalue weighted by Crippen LogP contribution is -2.50. The van der Waals surface area contributed by atoms with Crippen molar-refractivity contribution in [2.75, 3.05) is 31.3 Å². The molecule has 1 N–H and O–H groups in total. The molecule has 2 amide bonds. The average molecular weight is 568 g/mol. The standard InChI is InChI=1S/C27H38ClN3O6S/c1-7-24(27(33)29-19(2)3)30(18-20-10-13-22(36-4)14-11-20)26(32)9-8-16-31(38(6,34)35)21-12-15-25(37-5)23(28)17-21/h10-15,17,19,24H,7-9,16,18H2,1-6H3,(H,29,33)/t24-/m1/s1. The van der Waals surface area contributed by atoms with Gasteiger partial charge >= 0.3 is 0 Å². The van der Waals surface area contributed by atoms with E-state index in [2.05, 4.69) is 5.32 Å². The number of anilines is 1. The van der Waals surface area contributed by atoms with Crippen LogP contribution in [-0.2, 0) is 26.2 Å². The van der Waals surface area contributed by atoms with E-state index in [0.29, 0.717) is 23.6 Å². The fourth-order valence-electron chi connectivity index (χ4n) is 4.04. The van der Waals surface area contributed by atoms with Crippen LogP contribution in [-0.4, -0.2) is 64.2 Å².